The average molecular weight is 361 g/mol. The number of nitrogens with zero attached hydrogens (tertiary/aromatic N) is 1. The Morgan fingerprint density at radius 3 is 2.48 bits per heavy atom. The number of carbonyl (C=O) groups is 2. The lowest BCUT2D eigenvalue weighted by Crippen LogP contribution is -2.28. The molecule has 134 valence electrons. The maximum atomic E-state index is 12.0. The Labute approximate surface area is 151 Å². The molecule has 1 unspecified atom stereocenters. The molecule has 2 amide bonds. The summed E-state index contributed by atoms with van der Waals surface area (Å²) in [5.74, 6) is 1.11. The summed E-state index contributed by atoms with van der Waals surface area (Å²) in [7, 11) is 0. The van der Waals surface area contributed by atoms with Gasteiger partial charge < -0.3 is 15.2 Å². The molecule has 6 nitrogen and oxygen atoms in total. The molecule has 1 aromatic carbocycles. The molecule has 0 spiro atoms. The lowest BCUT2D eigenvalue weighted by molar-refractivity contribution is -0.119. The third-order valence-corrected chi connectivity index (χ3v) is 4.56. The molecule has 0 aliphatic carbocycles. The molecule has 7 heteroatoms. The Morgan fingerprint density at radius 2 is 1.88 bits per heavy atom. The van der Waals surface area contributed by atoms with Crippen LogP contribution in [-0.4, -0.2) is 28.5 Å². The van der Waals surface area contributed by atoms with Crippen molar-refractivity contribution in [3.05, 3.63) is 47.2 Å². The van der Waals surface area contributed by atoms with Crippen molar-refractivity contribution in [3.8, 4) is 0 Å². The highest BCUT2D eigenvalue weighted by atomic mass is 32.2. The minimum Gasteiger partial charge on any atom is -0.360 e. The van der Waals surface area contributed by atoms with E-state index in [9.17, 15) is 9.59 Å². The summed E-state index contributed by atoms with van der Waals surface area (Å²) in [5.41, 5.74) is 2.33. The van der Waals surface area contributed by atoms with Gasteiger partial charge in [-0.25, -0.2) is 0 Å². The molecule has 0 radical (unpaired) electrons. The van der Waals surface area contributed by atoms with Crippen molar-refractivity contribution >= 4 is 29.4 Å². The SMILES string of the molecule is CCc1ccc(C(C)NC(=O)CSCC(=O)Nc2cc(C)on2)cc1. The third-order valence-electron chi connectivity index (χ3n) is 3.63. The molecule has 0 saturated heterocycles. The van der Waals surface area contributed by atoms with Crippen LogP contribution in [0.5, 0.6) is 0 Å². The maximum Gasteiger partial charge on any atom is 0.235 e. The van der Waals surface area contributed by atoms with Gasteiger partial charge in [0.05, 0.1) is 17.5 Å². The van der Waals surface area contributed by atoms with Gasteiger partial charge in [0.2, 0.25) is 11.8 Å². The van der Waals surface area contributed by atoms with Crippen molar-refractivity contribution < 1.29 is 14.1 Å². The summed E-state index contributed by atoms with van der Waals surface area (Å²) >= 11 is 1.26. The molecule has 1 aromatic heterocycles. The van der Waals surface area contributed by atoms with Crippen LogP contribution in [0, 0.1) is 6.92 Å². The van der Waals surface area contributed by atoms with Crippen LogP contribution in [0.1, 0.15) is 36.8 Å². The van der Waals surface area contributed by atoms with Crippen molar-refractivity contribution in [2.24, 2.45) is 0 Å². The number of anilines is 1. The van der Waals surface area contributed by atoms with Crippen LogP contribution in [0.25, 0.3) is 0 Å². The van der Waals surface area contributed by atoms with Crippen LogP contribution in [0.2, 0.25) is 0 Å². The fourth-order valence-electron chi connectivity index (χ4n) is 2.25. The van der Waals surface area contributed by atoms with E-state index < -0.39 is 0 Å². The van der Waals surface area contributed by atoms with Gasteiger partial charge >= 0.3 is 0 Å². The Hall–Kier alpha value is -2.28. The summed E-state index contributed by atoms with van der Waals surface area (Å²) in [5, 5.41) is 9.25. The summed E-state index contributed by atoms with van der Waals surface area (Å²) in [6.07, 6.45) is 0.994. The van der Waals surface area contributed by atoms with Gasteiger partial charge in [-0.15, -0.1) is 11.8 Å². The van der Waals surface area contributed by atoms with Gasteiger partial charge in [-0.2, -0.15) is 0 Å². The third kappa shape index (κ3) is 6.26. The second-order valence-corrected chi connectivity index (χ2v) is 6.73. The Balaban J connectivity index is 1.69. The predicted octanol–water partition coefficient (Wildman–Crippen LogP) is 3.09. The van der Waals surface area contributed by atoms with Crippen LogP contribution in [0.3, 0.4) is 0 Å². The van der Waals surface area contributed by atoms with E-state index in [4.69, 9.17) is 4.52 Å². The van der Waals surface area contributed by atoms with Gasteiger partial charge in [-0.3, -0.25) is 9.59 Å². The van der Waals surface area contributed by atoms with E-state index >= 15 is 0 Å². The number of carbonyl (C=O) groups excluding carboxylic acids is 2. The van der Waals surface area contributed by atoms with Crippen molar-refractivity contribution in [2.75, 3.05) is 16.8 Å². The molecule has 0 aliphatic heterocycles. The van der Waals surface area contributed by atoms with Crippen molar-refractivity contribution in [2.45, 2.75) is 33.2 Å². The zero-order valence-corrected chi connectivity index (χ0v) is 15.5. The van der Waals surface area contributed by atoms with Gasteiger partial charge in [-0.1, -0.05) is 36.3 Å². The number of rotatable bonds is 8. The van der Waals surface area contributed by atoms with Gasteiger partial charge in [-0.05, 0) is 31.4 Å². The minimum atomic E-state index is -0.214. The number of hydrogen-bond donors (Lipinski definition) is 2. The largest absolute Gasteiger partial charge is 0.360 e. The molecule has 0 fully saturated rings. The average Bonchev–Trinajstić information content (AvgIpc) is 2.99. The molecule has 0 bridgehead atoms. The Morgan fingerprint density at radius 1 is 1.20 bits per heavy atom. The van der Waals surface area contributed by atoms with E-state index in [0.29, 0.717) is 11.6 Å². The van der Waals surface area contributed by atoms with Crippen LogP contribution in [0.4, 0.5) is 5.82 Å². The zero-order chi connectivity index (χ0) is 18.2. The van der Waals surface area contributed by atoms with E-state index in [2.05, 4.69) is 34.8 Å². The van der Waals surface area contributed by atoms with Gasteiger partial charge in [0.15, 0.2) is 5.82 Å². The van der Waals surface area contributed by atoms with Crippen molar-refractivity contribution in [1.82, 2.24) is 10.5 Å². The highest BCUT2D eigenvalue weighted by molar-refractivity contribution is 8.00. The predicted molar refractivity (Wildman–Crippen MR) is 99.6 cm³/mol. The van der Waals surface area contributed by atoms with E-state index in [1.54, 1.807) is 13.0 Å². The fraction of sp³-hybridized carbons (Fsp3) is 0.389. The van der Waals surface area contributed by atoms with Gasteiger partial charge in [0.25, 0.3) is 0 Å². The minimum absolute atomic E-state index is 0.0639. The number of aromatic nitrogens is 1. The smallest absolute Gasteiger partial charge is 0.235 e. The molecule has 0 saturated carbocycles. The second kappa shape index (κ2) is 9.27. The van der Waals surface area contributed by atoms with E-state index in [-0.39, 0.29) is 29.4 Å². The van der Waals surface area contributed by atoms with E-state index in [1.807, 2.05) is 19.1 Å². The quantitative estimate of drug-likeness (QED) is 0.755. The number of thioether (sulfide) groups is 1. The van der Waals surface area contributed by atoms with Crippen LogP contribution < -0.4 is 10.6 Å². The highest BCUT2D eigenvalue weighted by Crippen LogP contribution is 2.14. The molecule has 0 aliphatic rings. The molecule has 2 N–H and O–H groups in total. The summed E-state index contributed by atoms with van der Waals surface area (Å²) in [6.45, 7) is 5.80. The Bertz CT molecular complexity index is 713. The highest BCUT2D eigenvalue weighted by Gasteiger charge is 2.11. The maximum absolute atomic E-state index is 12.0. The lowest BCUT2D eigenvalue weighted by atomic mass is 10.1. The first-order valence-electron chi connectivity index (χ1n) is 8.17. The molecular weight excluding hydrogens is 338 g/mol. The molecule has 2 rings (SSSR count). The Kier molecular flexibility index (Phi) is 7.06. The number of aryl methyl sites for hydroxylation is 2. The molecular formula is C18H23N3O3S. The first-order valence-corrected chi connectivity index (χ1v) is 9.32. The van der Waals surface area contributed by atoms with Crippen LogP contribution >= 0.6 is 11.8 Å². The number of hydrogen-bond acceptors (Lipinski definition) is 5. The first kappa shape index (κ1) is 19.1. The normalized spacial score (nSPS) is 11.8. The topological polar surface area (TPSA) is 84.2 Å². The number of benzene rings is 1. The summed E-state index contributed by atoms with van der Waals surface area (Å²) < 4.78 is 4.87. The van der Waals surface area contributed by atoms with Crippen molar-refractivity contribution in [1.29, 1.82) is 0 Å². The zero-order valence-electron chi connectivity index (χ0n) is 14.7. The standard InChI is InChI=1S/C18H23N3O3S/c1-4-14-5-7-15(8-6-14)13(3)19-17(22)10-25-11-18(23)20-16-9-12(2)24-21-16/h5-9,13H,4,10-11H2,1-3H3,(H,19,22)(H,20,21,23). The fourth-order valence-corrected chi connectivity index (χ4v) is 2.88. The van der Waals surface area contributed by atoms with Crippen LogP contribution in [0.15, 0.2) is 34.9 Å². The van der Waals surface area contributed by atoms with E-state index in [0.717, 1.165) is 12.0 Å². The first-order chi connectivity index (χ1) is 12.0. The van der Waals surface area contributed by atoms with E-state index in [1.165, 1.54) is 17.3 Å². The molecule has 2 aromatic rings. The monoisotopic (exact) mass is 361 g/mol. The molecule has 1 heterocycles. The summed E-state index contributed by atoms with van der Waals surface area (Å²) in [4.78, 5) is 23.8. The number of nitrogens with one attached hydrogen (secondary N) is 2. The molecule has 25 heavy (non-hydrogen) atoms. The van der Waals surface area contributed by atoms with Crippen LogP contribution in [-0.2, 0) is 16.0 Å². The number of amides is 2. The van der Waals surface area contributed by atoms with Gasteiger partial charge in [0.1, 0.15) is 5.76 Å². The van der Waals surface area contributed by atoms with Gasteiger partial charge in [0, 0.05) is 6.07 Å². The summed E-state index contributed by atoms with van der Waals surface area (Å²) in [6, 6.07) is 9.78. The lowest BCUT2D eigenvalue weighted by Gasteiger charge is -2.14. The molecule has 1 atom stereocenters. The second-order valence-electron chi connectivity index (χ2n) is 5.75. The van der Waals surface area contributed by atoms with Crippen molar-refractivity contribution in [3.63, 3.8) is 0 Å².